The van der Waals surface area contributed by atoms with Crippen LogP contribution in [0.1, 0.15) is 31.1 Å². The van der Waals surface area contributed by atoms with Gasteiger partial charge in [-0.1, -0.05) is 0 Å². The molecule has 0 saturated carbocycles. The second-order valence-corrected chi connectivity index (χ2v) is 11.0. The van der Waals surface area contributed by atoms with Gasteiger partial charge in [-0.25, -0.2) is 21.6 Å². The van der Waals surface area contributed by atoms with E-state index < -0.39 is 26.0 Å². The van der Waals surface area contributed by atoms with Crippen LogP contribution in [0.2, 0.25) is 0 Å². The third kappa shape index (κ3) is 5.96. The fourth-order valence-corrected chi connectivity index (χ4v) is 4.81. The lowest BCUT2D eigenvalue weighted by molar-refractivity contribution is 0.102. The van der Waals surface area contributed by atoms with Gasteiger partial charge in [0.2, 0.25) is 20.0 Å². The lowest BCUT2D eigenvalue weighted by atomic mass is 10.2. The van der Waals surface area contributed by atoms with E-state index in [0.717, 1.165) is 4.31 Å². The molecule has 0 spiro atoms. The van der Waals surface area contributed by atoms with E-state index >= 15 is 0 Å². The van der Waals surface area contributed by atoms with Crippen molar-refractivity contribution in [2.45, 2.75) is 31.7 Å². The predicted molar refractivity (Wildman–Crippen MR) is 121 cm³/mol. The van der Waals surface area contributed by atoms with E-state index in [4.69, 9.17) is 4.74 Å². The van der Waals surface area contributed by atoms with E-state index in [1.165, 1.54) is 56.6 Å². The van der Waals surface area contributed by atoms with Crippen LogP contribution in [0.4, 0.5) is 11.4 Å². The molecule has 0 radical (unpaired) electrons. The zero-order chi connectivity index (χ0) is 23.4. The lowest BCUT2D eigenvalue weighted by Gasteiger charge is -2.18. The van der Waals surface area contributed by atoms with Gasteiger partial charge in [-0.05, 0) is 63.2 Å². The Bertz CT molecular complexity index is 1140. The molecule has 0 aliphatic rings. The quantitative estimate of drug-likeness (QED) is 0.582. The molecule has 0 atom stereocenters. The molecule has 170 valence electrons. The minimum atomic E-state index is -3.76. The number of nitrogens with zero attached hydrogens (tertiary/aromatic N) is 1. The number of methoxy groups -OCH3 is 1. The Hall–Kier alpha value is -2.63. The largest absolute Gasteiger partial charge is 0.495 e. The number of carbonyl (C=O) groups is 1. The average molecular weight is 470 g/mol. The minimum absolute atomic E-state index is 0.0148. The molecule has 0 aliphatic carbocycles. The second kappa shape index (κ2) is 9.67. The summed E-state index contributed by atoms with van der Waals surface area (Å²) >= 11 is 0. The van der Waals surface area contributed by atoms with Crippen molar-refractivity contribution >= 4 is 37.3 Å². The summed E-state index contributed by atoms with van der Waals surface area (Å²) in [6, 6.07) is 9.88. The van der Waals surface area contributed by atoms with Gasteiger partial charge in [-0.15, -0.1) is 0 Å². The lowest BCUT2D eigenvalue weighted by Crippen LogP contribution is -2.30. The number of hydrogen-bond acceptors (Lipinski definition) is 6. The van der Waals surface area contributed by atoms with E-state index in [-0.39, 0.29) is 27.9 Å². The zero-order valence-corrected chi connectivity index (χ0v) is 19.7. The Labute approximate surface area is 183 Å². The molecule has 0 saturated heterocycles. The molecule has 0 aliphatic heterocycles. The first-order valence-electron chi connectivity index (χ1n) is 9.49. The molecular weight excluding hydrogens is 442 g/mol. The highest BCUT2D eigenvalue weighted by Gasteiger charge is 2.20. The van der Waals surface area contributed by atoms with Crippen molar-refractivity contribution in [2.24, 2.45) is 0 Å². The molecule has 0 unspecified atom stereocenters. The van der Waals surface area contributed by atoms with E-state index in [0.29, 0.717) is 11.4 Å². The van der Waals surface area contributed by atoms with Crippen LogP contribution < -0.4 is 19.1 Å². The van der Waals surface area contributed by atoms with Gasteiger partial charge >= 0.3 is 0 Å². The Kier molecular flexibility index (Phi) is 7.68. The van der Waals surface area contributed by atoms with Gasteiger partial charge in [0, 0.05) is 18.7 Å². The molecule has 2 rings (SSSR count). The van der Waals surface area contributed by atoms with Crippen LogP contribution in [0.3, 0.4) is 0 Å². The van der Waals surface area contributed by atoms with Gasteiger partial charge in [-0.3, -0.25) is 9.10 Å². The average Bonchev–Trinajstić information content (AvgIpc) is 2.72. The number of amides is 1. The molecule has 31 heavy (non-hydrogen) atoms. The number of carbonyl (C=O) groups excluding carboxylic acids is 1. The van der Waals surface area contributed by atoms with Gasteiger partial charge < -0.3 is 10.1 Å². The number of sulfonamides is 2. The van der Waals surface area contributed by atoms with E-state index in [2.05, 4.69) is 10.0 Å². The first kappa shape index (κ1) is 24.6. The topological polar surface area (TPSA) is 122 Å². The van der Waals surface area contributed by atoms with Crippen molar-refractivity contribution < 1.29 is 26.4 Å². The summed E-state index contributed by atoms with van der Waals surface area (Å²) in [7, 11) is -4.33. The number of benzene rings is 2. The maximum Gasteiger partial charge on any atom is 0.255 e. The third-order valence-electron chi connectivity index (χ3n) is 4.40. The number of hydrogen-bond donors (Lipinski definition) is 2. The monoisotopic (exact) mass is 469 g/mol. The summed E-state index contributed by atoms with van der Waals surface area (Å²) < 4.78 is 57.7. The van der Waals surface area contributed by atoms with Crippen LogP contribution in [0, 0.1) is 0 Å². The molecular formula is C20H27N3O6S2. The van der Waals surface area contributed by atoms with Crippen LogP contribution in [0.5, 0.6) is 5.75 Å². The second-order valence-electron chi connectivity index (χ2n) is 7.01. The standard InChI is InChI=1S/C20H27N3O6S2/c1-6-30(25,26)23(4)16-9-7-15(8-10-16)20(24)21-18-13-17(11-12-19(18)29-5)31(27,28)22-14(2)3/h7-14,22H,6H2,1-5H3,(H,21,24). The molecule has 2 aromatic rings. The van der Waals surface area contributed by atoms with Gasteiger partial charge in [0.1, 0.15) is 5.75 Å². The maximum absolute atomic E-state index is 12.7. The van der Waals surface area contributed by atoms with Gasteiger partial charge in [0.25, 0.3) is 5.91 Å². The summed E-state index contributed by atoms with van der Waals surface area (Å²) in [4.78, 5) is 12.7. The number of ether oxygens (including phenoxy) is 1. The molecule has 0 bridgehead atoms. The number of anilines is 2. The molecule has 0 heterocycles. The summed E-state index contributed by atoms with van der Waals surface area (Å²) in [5, 5.41) is 2.65. The van der Waals surface area contributed by atoms with E-state index in [1.54, 1.807) is 20.8 Å². The van der Waals surface area contributed by atoms with Crippen molar-refractivity contribution in [3.05, 3.63) is 48.0 Å². The molecule has 9 nitrogen and oxygen atoms in total. The molecule has 11 heteroatoms. The Morgan fingerprint density at radius 2 is 1.68 bits per heavy atom. The molecule has 0 aromatic heterocycles. The van der Waals surface area contributed by atoms with Crippen LogP contribution in [0.25, 0.3) is 0 Å². The van der Waals surface area contributed by atoms with Crippen molar-refractivity contribution in [3.63, 3.8) is 0 Å². The highest BCUT2D eigenvalue weighted by molar-refractivity contribution is 7.92. The maximum atomic E-state index is 12.7. The number of nitrogens with one attached hydrogen (secondary N) is 2. The van der Waals surface area contributed by atoms with Crippen LogP contribution >= 0.6 is 0 Å². The molecule has 2 N–H and O–H groups in total. The molecule has 1 amide bonds. The normalized spacial score (nSPS) is 11.9. The number of rotatable bonds is 9. The smallest absolute Gasteiger partial charge is 0.255 e. The van der Waals surface area contributed by atoms with E-state index in [1.807, 2.05) is 0 Å². The van der Waals surface area contributed by atoms with Crippen molar-refractivity contribution in [3.8, 4) is 5.75 Å². The van der Waals surface area contributed by atoms with Crippen LogP contribution in [-0.4, -0.2) is 48.7 Å². The Morgan fingerprint density at radius 3 is 2.19 bits per heavy atom. The highest BCUT2D eigenvalue weighted by Crippen LogP contribution is 2.28. The zero-order valence-electron chi connectivity index (χ0n) is 18.0. The van der Waals surface area contributed by atoms with E-state index in [9.17, 15) is 21.6 Å². The van der Waals surface area contributed by atoms with Gasteiger partial charge in [0.05, 0.1) is 29.1 Å². The molecule has 2 aromatic carbocycles. The summed E-state index contributed by atoms with van der Waals surface area (Å²) in [5.41, 5.74) is 0.874. The first-order chi connectivity index (χ1) is 14.4. The first-order valence-corrected chi connectivity index (χ1v) is 12.6. The Balaban J connectivity index is 2.30. The van der Waals surface area contributed by atoms with Crippen LogP contribution in [0.15, 0.2) is 47.4 Å². The fourth-order valence-electron chi connectivity index (χ4n) is 2.70. The highest BCUT2D eigenvalue weighted by atomic mass is 32.2. The van der Waals surface area contributed by atoms with Crippen LogP contribution in [-0.2, 0) is 20.0 Å². The van der Waals surface area contributed by atoms with Crippen molar-refractivity contribution in [2.75, 3.05) is 29.5 Å². The van der Waals surface area contributed by atoms with Gasteiger partial charge in [-0.2, -0.15) is 0 Å². The third-order valence-corrected chi connectivity index (χ3v) is 7.83. The van der Waals surface area contributed by atoms with Crippen molar-refractivity contribution in [1.29, 1.82) is 0 Å². The fraction of sp³-hybridized carbons (Fsp3) is 0.350. The summed E-state index contributed by atoms with van der Waals surface area (Å²) in [5.74, 6) is -0.254. The van der Waals surface area contributed by atoms with Gasteiger partial charge in [0.15, 0.2) is 0 Å². The Morgan fingerprint density at radius 1 is 1.06 bits per heavy atom. The summed E-state index contributed by atoms with van der Waals surface area (Å²) in [6.45, 7) is 4.96. The SMILES string of the molecule is CCS(=O)(=O)N(C)c1ccc(C(=O)Nc2cc(S(=O)(=O)NC(C)C)ccc2OC)cc1. The minimum Gasteiger partial charge on any atom is -0.495 e. The summed E-state index contributed by atoms with van der Waals surface area (Å²) in [6.07, 6.45) is 0. The predicted octanol–water partition coefficient (Wildman–Crippen LogP) is 2.42. The van der Waals surface area contributed by atoms with Crippen molar-refractivity contribution in [1.82, 2.24) is 4.72 Å². The molecule has 0 fully saturated rings.